The Morgan fingerprint density at radius 1 is 1.53 bits per heavy atom. The lowest BCUT2D eigenvalue weighted by atomic mass is 10.2. The van der Waals surface area contributed by atoms with Gasteiger partial charge in [-0.1, -0.05) is 11.8 Å². The van der Waals surface area contributed by atoms with Gasteiger partial charge >= 0.3 is 0 Å². The molecule has 76 valence electrons. The molecule has 0 aromatic heterocycles. The highest BCUT2D eigenvalue weighted by atomic mass is 32.2. The van der Waals surface area contributed by atoms with Crippen molar-refractivity contribution in [2.24, 2.45) is 4.99 Å². The van der Waals surface area contributed by atoms with Crippen molar-refractivity contribution in [3.63, 3.8) is 0 Å². The SMILES string of the molecule is COc1ccc2c(c1)SC(C#N)C(C)=N2. The van der Waals surface area contributed by atoms with Gasteiger partial charge in [0, 0.05) is 10.6 Å². The van der Waals surface area contributed by atoms with Gasteiger partial charge < -0.3 is 4.74 Å². The van der Waals surface area contributed by atoms with Crippen LogP contribution in [0.2, 0.25) is 0 Å². The van der Waals surface area contributed by atoms with E-state index in [0.717, 1.165) is 22.0 Å². The summed E-state index contributed by atoms with van der Waals surface area (Å²) in [5, 5.41) is 8.75. The summed E-state index contributed by atoms with van der Waals surface area (Å²) in [6.07, 6.45) is 0. The van der Waals surface area contributed by atoms with E-state index in [1.165, 1.54) is 11.8 Å². The molecule has 1 aromatic carbocycles. The van der Waals surface area contributed by atoms with Crippen LogP contribution in [0.3, 0.4) is 0 Å². The Labute approximate surface area is 92.8 Å². The van der Waals surface area contributed by atoms with Gasteiger partial charge in [-0.3, -0.25) is 4.99 Å². The summed E-state index contributed by atoms with van der Waals surface area (Å²) >= 11 is 1.52. The summed E-state index contributed by atoms with van der Waals surface area (Å²) in [4.78, 5) is 5.40. The minimum atomic E-state index is -0.176. The normalized spacial score (nSPS) is 18.7. The van der Waals surface area contributed by atoms with E-state index in [0.29, 0.717) is 0 Å². The van der Waals surface area contributed by atoms with Crippen molar-refractivity contribution >= 4 is 23.2 Å². The smallest absolute Gasteiger partial charge is 0.134 e. The summed E-state index contributed by atoms with van der Waals surface area (Å²) in [6, 6.07) is 7.93. The highest BCUT2D eigenvalue weighted by Crippen LogP contribution is 2.39. The number of hydrogen-bond acceptors (Lipinski definition) is 4. The molecule has 4 heteroatoms. The maximum atomic E-state index is 8.93. The van der Waals surface area contributed by atoms with Gasteiger partial charge in [-0.2, -0.15) is 5.26 Å². The minimum Gasteiger partial charge on any atom is -0.497 e. The van der Waals surface area contributed by atoms with E-state index >= 15 is 0 Å². The number of methoxy groups -OCH3 is 1. The first-order valence-electron chi connectivity index (χ1n) is 4.54. The molecule has 1 aliphatic heterocycles. The van der Waals surface area contributed by atoms with E-state index in [9.17, 15) is 0 Å². The molecule has 3 nitrogen and oxygen atoms in total. The van der Waals surface area contributed by atoms with E-state index in [1.54, 1.807) is 7.11 Å². The van der Waals surface area contributed by atoms with Crippen LogP contribution < -0.4 is 4.74 Å². The number of nitrogens with zero attached hydrogens (tertiary/aromatic N) is 2. The summed E-state index contributed by atoms with van der Waals surface area (Å²) in [6.45, 7) is 1.88. The van der Waals surface area contributed by atoms with Crippen LogP contribution in [0.4, 0.5) is 5.69 Å². The van der Waals surface area contributed by atoms with Gasteiger partial charge in [0.25, 0.3) is 0 Å². The Morgan fingerprint density at radius 2 is 2.33 bits per heavy atom. The van der Waals surface area contributed by atoms with Crippen LogP contribution in [0.5, 0.6) is 5.75 Å². The largest absolute Gasteiger partial charge is 0.497 e. The van der Waals surface area contributed by atoms with Crippen molar-refractivity contribution in [3.8, 4) is 11.8 Å². The lowest BCUT2D eigenvalue weighted by Crippen LogP contribution is -2.13. The first-order valence-corrected chi connectivity index (χ1v) is 5.42. The van der Waals surface area contributed by atoms with Crippen molar-refractivity contribution in [3.05, 3.63) is 18.2 Å². The molecular weight excluding hydrogens is 208 g/mol. The molecule has 1 atom stereocenters. The zero-order valence-electron chi connectivity index (χ0n) is 8.52. The summed E-state index contributed by atoms with van der Waals surface area (Å²) in [5.41, 5.74) is 1.78. The van der Waals surface area contributed by atoms with Gasteiger partial charge in [0.2, 0.25) is 0 Å². The number of fused-ring (bicyclic) bond motifs is 1. The number of rotatable bonds is 1. The number of benzene rings is 1. The van der Waals surface area contributed by atoms with E-state index in [1.807, 2.05) is 25.1 Å². The van der Waals surface area contributed by atoms with Crippen LogP contribution in [-0.4, -0.2) is 18.1 Å². The van der Waals surface area contributed by atoms with Crippen molar-refractivity contribution in [1.29, 1.82) is 5.26 Å². The highest BCUT2D eigenvalue weighted by molar-refractivity contribution is 8.01. The first-order chi connectivity index (χ1) is 7.24. The Kier molecular flexibility index (Phi) is 2.65. The number of hydrogen-bond donors (Lipinski definition) is 0. The van der Waals surface area contributed by atoms with Crippen LogP contribution in [0.15, 0.2) is 28.1 Å². The minimum absolute atomic E-state index is 0.176. The van der Waals surface area contributed by atoms with Crippen molar-refractivity contribution < 1.29 is 4.74 Å². The van der Waals surface area contributed by atoms with Crippen molar-refractivity contribution in [2.45, 2.75) is 17.1 Å². The third-order valence-electron chi connectivity index (χ3n) is 2.21. The summed E-state index contributed by atoms with van der Waals surface area (Å²) in [7, 11) is 1.63. The number of thioether (sulfide) groups is 1. The Morgan fingerprint density at radius 3 is 3.00 bits per heavy atom. The van der Waals surface area contributed by atoms with Gasteiger partial charge in [-0.15, -0.1) is 0 Å². The Balaban J connectivity index is 2.44. The zero-order valence-corrected chi connectivity index (χ0v) is 9.34. The monoisotopic (exact) mass is 218 g/mol. The Bertz CT molecular complexity index is 462. The van der Waals surface area contributed by atoms with Crippen LogP contribution >= 0.6 is 11.8 Å². The van der Waals surface area contributed by atoms with Crippen LogP contribution in [0.1, 0.15) is 6.92 Å². The average molecular weight is 218 g/mol. The van der Waals surface area contributed by atoms with E-state index in [2.05, 4.69) is 11.1 Å². The molecule has 0 aliphatic carbocycles. The van der Waals surface area contributed by atoms with Crippen LogP contribution in [0, 0.1) is 11.3 Å². The van der Waals surface area contributed by atoms with Gasteiger partial charge in [0.05, 0.1) is 18.9 Å². The maximum absolute atomic E-state index is 8.93. The van der Waals surface area contributed by atoms with Crippen LogP contribution in [0.25, 0.3) is 0 Å². The van der Waals surface area contributed by atoms with E-state index < -0.39 is 0 Å². The summed E-state index contributed by atoms with van der Waals surface area (Å²) < 4.78 is 5.13. The van der Waals surface area contributed by atoms with Crippen molar-refractivity contribution in [1.82, 2.24) is 0 Å². The second-order valence-corrected chi connectivity index (χ2v) is 4.36. The van der Waals surface area contributed by atoms with E-state index in [-0.39, 0.29) is 5.25 Å². The lowest BCUT2D eigenvalue weighted by molar-refractivity contribution is 0.414. The predicted molar refractivity (Wildman–Crippen MR) is 61.0 cm³/mol. The highest BCUT2D eigenvalue weighted by Gasteiger charge is 2.20. The fourth-order valence-corrected chi connectivity index (χ4v) is 2.34. The first kappa shape index (κ1) is 10.1. The number of ether oxygens (including phenoxy) is 1. The molecule has 0 saturated carbocycles. The molecule has 15 heavy (non-hydrogen) atoms. The third kappa shape index (κ3) is 1.83. The molecule has 1 aliphatic rings. The molecule has 0 bridgehead atoms. The van der Waals surface area contributed by atoms with Gasteiger partial charge in [0.15, 0.2) is 0 Å². The topological polar surface area (TPSA) is 45.4 Å². The second-order valence-electron chi connectivity index (χ2n) is 3.21. The molecular formula is C11H10N2OS. The molecule has 1 aromatic rings. The molecule has 0 radical (unpaired) electrons. The molecule has 1 heterocycles. The summed E-state index contributed by atoms with van der Waals surface area (Å²) in [5.74, 6) is 0.799. The fraction of sp³-hybridized carbons (Fsp3) is 0.273. The van der Waals surface area contributed by atoms with Gasteiger partial charge in [0.1, 0.15) is 11.0 Å². The standard InChI is InChI=1S/C11H10N2OS/c1-7-11(6-12)15-10-5-8(14-2)3-4-9(10)13-7/h3-5,11H,1-2H3. The number of nitriles is 1. The molecule has 0 amide bonds. The zero-order chi connectivity index (χ0) is 10.8. The molecule has 0 spiro atoms. The van der Waals surface area contributed by atoms with E-state index in [4.69, 9.17) is 10.00 Å². The third-order valence-corrected chi connectivity index (χ3v) is 3.47. The predicted octanol–water partition coefficient (Wildman–Crippen LogP) is 2.79. The fourth-order valence-electron chi connectivity index (χ4n) is 1.39. The quantitative estimate of drug-likeness (QED) is 0.728. The second kappa shape index (κ2) is 3.95. The molecule has 0 saturated heterocycles. The van der Waals surface area contributed by atoms with Gasteiger partial charge in [-0.25, -0.2) is 0 Å². The van der Waals surface area contributed by atoms with Crippen LogP contribution in [-0.2, 0) is 0 Å². The van der Waals surface area contributed by atoms with Crippen molar-refractivity contribution in [2.75, 3.05) is 7.11 Å². The molecule has 2 rings (SSSR count). The molecule has 0 fully saturated rings. The number of aliphatic imine (C=N–C) groups is 1. The Hall–Kier alpha value is -1.47. The molecule has 1 unspecified atom stereocenters. The average Bonchev–Trinajstić information content (AvgIpc) is 2.27. The molecule has 0 N–H and O–H groups in total. The van der Waals surface area contributed by atoms with Gasteiger partial charge in [-0.05, 0) is 25.1 Å². The maximum Gasteiger partial charge on any atom is 0.134 e. The lowest BCUT2D eigenvalue weighted by Gasteiger charge is -2.17.